The Labute approximate surface area is 189 Å². The number of benzene rings is 1. The Morgan fingerprint density at radius 1 is 1.19 bits per heavy atom. The molecule has 12 heteroatoms. The van der Waals surface area contributed by atoms with Crippen LogP contribution in [-0.2, 0) is 4.52 Å². The van der Waals surface area contributed by atoms with Gasteiger partial charge in [0, 0.05) is 35.9 Å². The molecule has 8 nitrogen and oxygen atoms in total. The molecule has 0 radical (unpaired) electrons. The van der Waals surface area contributed by atoms with Crippen molar-refractivity contribution in [2.45, 2.75) is 26.3 Å². The van der Waals surface area contributed by atoms with E-state index in [4.69, 9.17) is 26.1 Å². The first kappa shape index (κ1) is 23.7. The molecule has 166 valence electrons. The highest BCUT2D eigenvalue weighted by Gasteiger charge is 2.16. The van der Waals surface area contributed by atoms with E-state index in [1.165, 1.54) is 23.5 Å². The second-order valence-corrected chi connectivity index (χ2v) is 8.84. The molecule has 0 aliphatic heterocycles. The standard InChI is InChI=1S/C19H21ClFN4O4PS/c1-11(2)23-17-5-4-12(10-22-17)18-24-25-19(31-18)13-8-15(21)16(9-14(13)20)28-6-3-7-29-30(26)27/h4-5,8-11,26-27H,3,6-7H2,1-2H3,(H,22,23). The largest absolute Gasteiger partial charge is 0.490 e. The number of nitrogens with one attached hydrogen (secondary N) is 1. The molecule has 0 bridgehead atoms. The van der Waals surface area contributed by atoms with Gasteiger partial charge in [0.1, 0.15) is 15.8 Å². The molecule has 0 aliphatic carbocycles. The fourth-order valence-corrected chi connectivity index (χ4v) is 4.00. The van der Waals surface area contributed by atoms with Crippen LogP contribution in [0.15, 0.2) is 30.5 Å². The number of halogens is 2. The minimum absolute atomic E-state index is 0.00816. The molecule has 0 amide bonds. The maximum atomic E-state index is 14.5. The third-order valence-electron chi connectivity index (χ3n) is 3.88. The van der Waals surface area contributed by atoms with Crippen LogP contribution in [0, 0.1) is 5.82 Å². The average Bonchev–Trinajstić information content (AvgIpc) is 3.19. The first-order valence-corrected chi connectivity index (χ1v) is 11.7. The van der Waals surface area contributed by atoms with Gasteiger partial charge in [-0.1, -0.05) is 22.9 Å². The Balaban J connectivity index is 1.69. The molecule has 0 fully saturated rings. The van der Waals surface area contributed by atoms with Gasteiger partial charge in [-0.2, -0.15) is 0 Å². The van der Waals surface area contributed by atoms with Gasteiger partial charge in [0.25, 0.3) is 0 Å². The third-order valence-corrected chi connectivity index (χ3v) is 5.61. The van der Waals surface area contributed by atoms with Crippen LogP contribution in [-0.4, -0.2) is 44.2 Å². The summed E-state index contributed by atoms with van der Waals surface area (Å²) in [4.78, 5) is 21.7. The lowest BCUT2D eigenvalue weighted by Gasteiger charge is -2.10. The Bertz CT molecular complexity index is 1010. The van der Waals surface area contributed by atoms with Crippen molar-refractivity contribution in [3.05, 3.63) is 41.3 Å². The second-order valence-electron chi connectivity index (χ2n) is 6.69. The topological polar surface area (TPSA) is 110 Å². The van der Waals surface area contributed by atoms with Crippen molar-refractivity contribution in [1.82, 2.24) is 15.2 Å². The Morgan fingerprint density at radius 3 is 2.65 bits per heavy atom. The molecule has 2 aromatic heterocycles. The highest BCUT2D eigenvalue weighted by atomic mass is 35.5. The van der Waals surface area contributed by atoms with Gasteiger partial charge in [-0.3, -0.25) is 0 Å². The van der Waals surface area contributed by atoms with Gasteiger partial charge in [0.2, 0.25) is 0 Å². The predicted molar refractivity (Wildman–Crippen MR) is 120 cm³/mol. The minimum Gasteiger partial charge on any atom is -0.490 e. The fraction of sp³-hybridized carbons (Fsp3) is 0.316. The number of anilines is 1. The highest BCUT2D eigenvalue weighted by Crippen LogP contribution is 2.37. The zero-order valence-corrected chi connectivity index (χ0v) is 19.2. The molecule has 0 saturated heterocycles. The van der Waals surface area contributed by atoms with Crippen molar-refractivity contribution in [3.8, 4) is 26.9 Å². The molecule has 0 unspecified atom stereocenters. The molecule has 0 atom stereocenters. The molecular formula is C19H21ClFN4O4PS. The number of rotatable bonds is 10. The van der Waals surface area contributed by atoms with Crippen LogP contribution >= 0.6 is 31.5 Å². The van der Waals surface area contributed by atoms with Crippen molar-refractivity contribution >= 4 is 37.4 Å². The Hall–Kier alpha value is -1.94. The minimum atomic E-state index is -2.40. The van der Waals surface area contributed by atoms with Crippen LogP contribution in [0.3, 0.4) is 0 Å². The van der Waals surface area contributed by atoms with Gasteiger partial charge in [-0.25, -0.2) is 9.37 Å². The molecule has 3 aromatic rings. The zero-order chi connectivity index (χ0) is 22.4. The van der Waals surface area contributed by atoms with Gasteiger partial charge in [-0.15, -0.1) is 10.2 Å². The summed E-state index contributed by atoms with van der Waals surface area (Å²) in [7, 11) is -2.40. The summed E-state index contributed by atoms with van der Waals surface area (Å²) in [5.74, 6) is 0.171. The monoisotopic (exact) mass is 486 g/mol. The predicted octanol–water partition coefficient (Wildman–Crippen LogP) is 4.88. The number of hydrogen-bond acceptors (Lipinski definition) is 9. The maximum Gasteiger partial charge on any atom is 0.327 e. The van der Waals surface area contributed by atoms with Crippen LogP contribution in [0.5, 0.6) is 5.75 Å². The van der Waals surface area contributed by atoms with Crippen LogP contribution in [0.25, 0.3) is 21.1 Å². The number of nitrogens with zero attached hydrogens (tertiary/aromatic N) is 3. The summed E-state index contributed by atoms with van der Waals surface area (Å²) in [6, 6.07) is 6.67. The fourth-order valence-electron chi connectivity index (χ4n) is 2.54. The number of pyridine rings is 1. The van der Waals surface area contributed by atoms with E-state index in [0.717, 1.165) is 11.4 Å². The molecule has 3 N–H and O–H groups in total. The van der Waals surface area contributed by atoms with Crippen molar-refractivity contribution in [3.63, 3.8) is 0 Å². The van der Waals surface area contributed by atoms with E-state index in [1.807, 2.05) is 26.0 Å². The lowest BCUT2D eigenvalue weighted by atomic mass is 10.2. The van der Waals surface area contributed by atoms with E-state index < -0.39 is 14.4 Å². The van der Waals surface area contributed by atoms with Crippen molar-refractivity contribution < 1.29 is 23.4 Å². The van der Waals surface area contributed by atoms with Crippen LogP contribution in [0.4, 0.5) is 10.2 Å². The van der Waals surface area contributed by atoms with E-state index in [9.17, 15) is 4.39 Å². The second kappa shape index (κ2) is 11.1. The van der Waals surface area contributed by atoms with E-state index in [1.54, 1.807) is 6.20 Å². The van der Waals surface area contributed by atoms with E-state index in [-0.39, 0.29) is 30.0 Å². The summed E-state index contributed by atoms with van der Waals surface area (Å²) in [6.45, 7) is 4.28. The smallest absolute Gasteiger partial charge is 0.327 e. The number of aromatic nitrogens is 3. The lowest BCUT2D eigenvalue weighted by Crippen LogP contribution is -2.10. The number of hydrogen-bond donors (Lipinski definition) is 3. The molecule has 2 heterocycles. The Kier molecular flexibility index (Phi) is 8.48. The molecule has 0 aliphatic rings. The summed E-state index contributed by atoms with van der Waals surface area (Å²) in [5, 5.41) is 12.9. The van der Waals surface area contributed by atoms with Gasteiger partial charge in [0.15, 0.2) is 11.6 Å². The summed E-state index contributed by atoms with van der Waals surface area (Å²) in [6.07, 6.45) is 2.06. The summed E-state index contributed by atoms with van der Waals surface area (Å²) >= 11 is 7.60. The van der Waals surface area contributed by atoms with E-state index in [0.29, 0.717) is 22.0 Å². The molecule has 1 aromatic carbocycles. The Morgan fingerprint density at radius 2 is 1.97 bits per heavy atom. The van der Waals surface area contributed by atoms with Crippen LogP contribution in [0.1, 0.15) is 20.3 Å². The summed E-state index contributed by atoms with van der Waals surface area (Å²) in [5.41, 5.74) is 1.21. The van der Waals surface area contributed by atoms with E-state index >= 15 is 0 Å². The van der Waals surface area contributed by atoms with Gasteiger partial charge >= 0.3 is 8.60 Å². The van der Waals surface area contributed by atoms with Crippen LogP contribution < -0.4 is 10.1 Å². The van der Waals surface area contributed by atoms with Crippen molar-refractivity contribution in [1.29, 1.82) is 0 Å². The zero-order valence-electron chi connectivity index (χ0n) is 16.7. The molecule has 3 rings (SSSR count). The van der Waals surface area contributed by atoms with E-state index in [2.05, 4.69) is 25.0 Å². The highest BCUT2D eigenvalue weighted by molar-refractivity contribution is 7.39. The SMILES string of the molecule is CC(C)Nc1ccc(-c2nnc(-c3cc(F)c(OCCCOP(O)O)cc3Cl)s2)cn1. The molecule has 0 saturated carbocycles. The molecular weight excluding hydrogens is 466 g/mol. The summed E-state index contributed by atoms with van der Waals surface area (Å²) < 4.78 is 24.5. The maximum absolute atomic E-state index is 14.5. The normalized spacial score (nSPS) is 11.4. The van der Waals surface area contributed by atoms with Crippen molar-refractivity contribution in [2.24, 2.45) is 0 Å². The van der Waals surface area contributed by atoms with Crippen molar-refractivity contribution in [2.75, 3.05) is 18.5 Å². The average molecular weight is 487 g/mol. The molecule has 31 heavy (non-hydrogen) atoms. The quantitative estimate of drug-likeness (QED) is 0.275. The van der Waals surface area contributed by atoms with Gasteiger partial charge in [0.05, 0.1) is 18.2 Å². The molecule has 0 spiro atoms. The van der Waals surface area contributed by atoms with Crippen LogP contribution in [0.2, 0.25) is 5.02 Å². The lowest BCUT2D eigenvalue weighted by molar-refractivity contribution is 0.217. The third kappa shape index (κ3) is 6.77. The van der Waals surface area contributed by atoms with Gasteiger partial charge in [-0.05, 0) is 32.0 Å². The first-order chi connectivity index (χ1) is 14.8. The number of ether oxygens (including phenoxy) is 1. The first-order valence-electron chi connectivity index (χ1n) is 9.33. The van der Waals surface area contributed by atoms with Gasteiger partial charge < -0.3 is 24.4 Å².